The molecule has 2 unspecified atom stereocenters. The SMILES string of the molecule is COc1cc(F)cc2c1nc(N)n1nc(C3CC(F)CN(c4cnn(CC(C)(C)O)c4)C3)nc21. The summed E-state index contributed by atoms with van der Waals surface area (Å²) in [5.74, 6) is -0.113. The van der Waals surface area contributed by atoms with E-state index in [-0.39, 0.29) is 30.6 Å². The smallest absolute Gasteiger partial charge is 0.223 e. The zero-order valence-electron chi connectivity index (χ0n) is 19.1. The van der Waals surface area contributed by atoms with Crippen LogP contribution < -0.4 is 15.4 Å². The first-order valence-electron chi connectivity index (χ1n) is 10.9. The Kier molecular flexibility index (Phi) is 5.27. The topological polar surface area (TPSA) is 120 Å². The summed E-state index contributed by atoms with van der Waals surface area (Å²) < 4.78 is 37.2. The number of halogens is 2. The number of anilines is 2. The Morgan fingerprint density at radius 1 is 1.26 bits per heavy atom. The van der Waals surface area contributed by atoms with Gasteiger partial charge >= 0.3 is 0 Å². The molecular weight excluding hydrogens is 446 g/mol. The number of ether oxygens (including phenoxy) is 1. The first kappa shape index (κ1) is 22.3. The Balaban J connectivity index is 1.50. The summed E-state index contributed by atoms with van der Waals surface area (Å²) in [4.78, 5) is 10.8. The van der Waals surface area contributed by atoms with Gasteiger partial charge in [0.2, 0.25) is 5.95 Å². The lowest BCUT2D eigenvalue weighted by Gasteiger charge is -2.34. The molecule has 0 amide bonds. The first-order valence-corrected chi connectivity index (χ1v) is 10.9. The Bertz CT molecular complexity index is 1360. The molecule has 12 heteroatoms. The molecule has 1 saturated heterocycles. The van der Waals surface area contributed by atoms with E-state index in [1.54, 1.807) is 30.9 Å². The Morgan fingerprint density at radius 3 is 2.79 bits per heavy atom. The lowest BCUT2D eigenvalue weighted by molar-refractivity contribution is 0.0577. The van der Waals surface area contributed by atoms with Gasteiger partial charge in [-0.05, 0) is 26.3 Å². The van der Waals surface area contributed by atoms with Crippen molar-refractivity contribution in [1.29, 1.82) is 0 Å². The summed E-state index contributed by atoms with van der Waals surface area (Å²) in [6, 6.07) is 2.54. The molecule has 0 bridgehead atoms. The summed E-state index contributed by atoms with van der Waals surface area (Å²) in [7, 11) is 1.42. The number of nitrogens with zero attached hydrogens (tertiary/aromatic N) is 7. The fourth-order valence-electron chi connectivity index (χ4n) is 4.45. The third-order valence-electron chi connectivity index (χ3n) is 5.87. The van der Waals surface area contributed by atoms with Crippen molar-refractivity contribution in [2.24, 2.45) is 0 Å². The number of alkyl halides is 1. The minimum atomic E-state index is -1.10. The van der Waals surface area contributed by atoms with Crippen molar-refractivity contribution in [2.45, 2.75) is 44.5 Å². The van der Waals surface area contributed by atoms with Crippen LogP contribution in [0, 0.1) is 5.82 Å². The van der Waals surface area contributed by atoms with Crippen LogP contribution in [0.25, 0.3) is 16.6 Å². The largest absolute Gasteiger partial charge is 0.494 e. The number of rotatable bonds is 5. The molecule has 5 rings (SSSR count). The average molecular weight is 473 g/mol. The normalized spacial score (nSPS) is 19.3. The molecule has 1 aromatic carbocycles. The molecule has 4 aromatic rings. The van der Waals surface area contributed by atoms with Gasteiger partial charge in [-0.1, -0.05) is 0 Å². The van der Waals surface area contributed by atoms with Gasteiger partial charge in [-0.25, -0.2) is 18.7 Å². The number of aliphatic hydroxyl groups is 1. The predicted octanol–water partition coefficient (Wildman–Crippen LogP) is 2.31. The van der Waals surface area contributed by atoms with E-state index >= 15 is 0 Å². The highest BCUT2D eigenvalue weighted by Gasteiger charge is 2.32. The van der Waals surface area contributed by atoms with Crippen LogP contribution >= 0.6 is 0 Å². The number of benzene rings is 1. The summed E-state index contributed by atoms with van der Waals surface area (Å²) in [5.41, 5.74) is 6.65. The van der Waals surface area contributed by atoms with Crippen LogP contribution in [-0.2, 0) is 6.54 Å². The standard InChI is InChI=1S/C22H26F2N8O2/c1-22(2,33)11-31-10-15(7-26-31)30-8-12(4-14(24)9-30)19-28-20-16-5-13(23)6-17(34-3)18(16)27-21(25)32(20)29-19/h5-7,10,12,14,33H,4,8-9,11H2,1-3H3,(H2,25,27). The average Bonchev–Trinajstić information content (AvgIpc) is 3.40. The third kappa shape index (κ3) is 4.09. The summed E-state index contributed by atoms with van der Waals surface area (Å²) in [6.45, 7) is 4.39. The van der Waals surface area contributed by atoms with E-state index in [4.69, 9.17) is 10.5 Å². The predicted molar refractivity (Wildman–Crippen MR) is 122 cm³/mol. The number of aromatic nitrogens is 6. The van der Waals surface area contributed by atoms with E-state index in [0.29, 0.717) is 35.5 Å². The monoisotopic (exact) mass is 472 g/mol. The minimum Gasteiger partial charge on any atom is -0.494 e. The number of nitrogens with two attached hydrogens (primary N) is 1. The number of piperidine rings is 1. The molecule has 0 aliphatic carbocycles. The Morgan fingerprint density at radius 2 is 2.06 bits per heavy atom. The molecule has 34 heavy (non-hydrogen) atoms. The van der Waals surface area contributed by atoms with Gasteiger partial charge in [0.25, 0.3) is 0 Å². The first-order chi connectivity index (χ1) is 16.1. The van der Waals surface area contributed by atoms with Gasteiger partial charge in [-0.2, -0.15) is 9.61 Å². The van der Waals surface area contributed by atoms with Gasteiger partial charge in [0.05, 0.1) is 36.5 Å². The van der Waals surface area contributed by atoms with Gasteiger partial charge in [-0.15, -0.1) is 5.10 Å². The second-order valence-corrected chi connectivity index (χ2v) is 9.32. The van der Waals surface area contributed by atoms with Crippen molar-refractivity contribution < 1.29 is 18.6 Å². The van der Waals surface area contributed by atoms with Crippen LogP contribution in [0.2, 0.25) is 0 Å². The van der Waals surface area contributed by atoms with Crippen molar-refractivity contribution >= 4 is 28.2 Å². The van der Waals surface area contributed by atoms with E-state index in [0.717, 1.165) is 5.69 Å². The zero-order valence-corrected chi connectivity index (χ0v) is 19.1. The molecule has 1 fully saturated rings. The van der Waals surface area contributed by atoms with E-state index in [9.17, 15) is 13.9 Å². The Hall–Kier alpha value is -3.54. The molecule has 1 aliphatic rings. The van der Waals surface area contributed by atoms with Crippen molar-refractivity contribution in [3.8, 4) is 5.75 Å². The van der Waals surface area contributed by atoms with E-state index in [2.05, 4.69) is 20.2 Å². The molecule has 0 radical (unpaired) electrons. The van der Waals surface area contributed by atoms with Crippen LogP contribution in [0.3, 0.4) is 0 Å². The van der Waals surface area contributed by atoms with Crippen molar-refractivity contribution in [3.63, 3.8) is 0 Å². The number of hydrogen-bond acceptors (Lipinski definition) is 8. The van der Waals surface area contributed by atoms with Gasteiger partial charge in [0.1, 0.15) is 23.3 Å². The fourth-order valence-corrected chi connectivity index (χ4v) is 4.45. The molecule has 4 heterocycles. The molecule has 3 N–H and O–H groups in total. The van der Waals surface area contributed by atoms with E-state index in [1.807, 2.05) is 4.90 Å². The molecule has 180 valence electrons. The fraction of sp³-hybridized carbons (Fsp3) is 0.455. The minimum absolute atomic E-state index is 0.0727. The highest BCUT2D eigenvalue weighted by Crippen LogP contribution is 2.33. The maximum atomic E-state index is 14.8. The summed E-state index contributed by atoms with van der Waals surface area (Å²) >= 11 is 0. The Labute approximate surface area is 194 Å². The second-order valence-electron chi connectivity index (χ2n) is 9.32. The van der Waals surface area contributed by atoms with Crippen LogP contribution in [-0.4, -0.2) is 66.4 Å². The van der Waals surface area contributed by atoms with E-state index in [1.165, 1.54) is 23.8 Å². The van der Waals surface area contributed by atoms with Crippen LogP contribution in [0.1, 0.15) is 32.0 Å². The number of methoxy groups -OCH3 is 1. The number of hydrogen-bond donors (Lipinski definition) is 2. The summed E-state index contributed by atoms with van der Waals surface area (Å²) in [5, 5.41) is 19.2. The lowest BCUT2D eigenvalue weighted by Crippen LogP contribution is -2.41. The third-order valence-corrected chi connectivity index (χ3v) is 5.87. The number of fused-ring (bicyclic) bond motifs is 3. The molecule has 1 aliphatic heterocycles. The lowest BCUT2D eigenvalue weighted by atomic mass is 9.96. The molecule has 0 saturated carbocycles. The van der Waals surface area contributed by atoms with Gasteiger partial charge in [0, 0.05) is 31.3 Å². The summed E-state index contributed by atoms with van der Waals surface area (Å²) in [6.07, 6.45) is 2.58. The highest BCUT2D eigenvalue weighted by atomic mass is 19.1. The molecule has 2 atom stereocenters. The maximum absolute atomic E-state index is 14.8. The zero-order chi connectivity index (χ0) is 24.2. The molecular formula is C22H26F2N8O2. The second kappa shape index (κ2) is 8.05. The van der Waals surface area contributed by atoms with Gasteiger partial charge in [0.15, 0.2) is 11.5 Å². The van der Waals surface area contributed by atoms with Crippen molar-refractivity contribution in [2.75, 3.05) is 30.8 Å². The van der Waals surface area contributed by atoms with Crippen LogP contribution in [0.15, 0.2) is 24.5 Å². The quantitative estimate of drug-likeness (QED) is 0.454. The molecule has 10 nitrogen and oxygen atoms in total. The molecule has 0 spiro atoms. The maximum Gasteiger partial charge on any atom is 0.223 e. The van der Waals surface area contributed by atoms with Gasteiger partial charge in [-0.3, -0.25) is 4.68 Å². The van der Waals surface area contributed by atoms with Crippen LogP contribution in [0.4, 0.5) is 20.4 Å². The van der Waals surface area contributed by atoms with Gasteiger partial charge < -0.3 is 20.5 Å². The number of nitrogen functional groups attached to an aromatic ring is 1. The van der Waals surface area contributed by atoms with Crippen LogP contribution in [0.5, 0.6) is 5.75 Å². The van der Waals surface area contributed by atoms with E-state index < -0.39 is 17.6 Å². The molecule has 3 aromatic heterocycles. The van der Waals surface area contributed by atoms with Crippen molar-refractivity contribution in [3.05, 3.63) is 36.2 Å². The highest BCUT2D eigenvalue weighted by molar-refractivity contribution is 5.95. The van der Waals surface area contributed by atoms with Crippen molar-refractivity contribution in [1.82, 2.24) is 29.4 Å².